The van der Waals surface area contributed by atoms with Gasteiger partial charge in [0.05, 0.1) is 5.69 Å². The van der Waals surface area contributed by atoms with Crippen LogP contribution in [-0.4, -0.2) is 21.8 Å². The zero-order valence-corrected chi connectivity index (χ0v) is 9.27. The predicted octanol–water partition coefficient (Wildman–Crippen LogP) is 0.841. The smallest absolute Gasteiger partial charge is 0.313 e. The second-order valence-corrected chi connectivity index (χ2v) is 3.64. The van der Waals surface area contributed by atoms with Crippen molar-refractivity contribution in [3.05, 3.63) is 46.6 Å². The Morgan fingerprint density at radius 1 is 1.50 bits per heavy atom. The van der Waals surface area contributed by atoms with Crippen molar-refractivity contribution in [2.24, 2.45) is 0 Å². The number of aromatic amines is 1. The number of aromatic nitrogens is 3. The lowest BCUT2D eigenvalue weighted by Crippen LogP contribution is -2.16. The third-order valence-corrected chi connectivity index (χ3v) is 2.63. The first kappa shape index (κ1) is 10.6. The van der Waals surface area contributed by atoms with Crippen molar-refractivity contribution in [1.29, 1.82) is 0 Å². The number of nitrogens with zero attached hydrogens (tertiary/aromatic N) is 2. The largest absolute Gasteiger partial charge is 0.347 e. The molecule has 0 aliphatic carbocycles. The molecule has 1 aromatic carbocycles. The lowest BCUT2D eigenvalue weighted by Gasteiger charge is -2.11. The van der Waals surface area contributed by atoms with Gasteiger partial charge in [0.1, 0.15) is 6.33 Å². The van der Waals surface area contributed by atoms with Gasteiger partial charge in [0.2, 0.25) is 0 Å². The summed E-state index contributed by atoms with van der Waals surface area (Å²) in [5.41, 5.74) is 1.72. The molecular formula is C11H14N4O. The van der Waals surface area contributed by atoms with Crippen LogP contribution in [0, 0.1) is 0 Å². The van der Waals surface area contributed by atoms with Crippen LogP contribution in [-0.2, 0) is 0 Å². The van der Waals surface area contributed by atoms with Crippen molar-refractivity contribution in [1.82, 2.24) is 20.1 Å². The summed E-state index contributed by atoms with van der Waals surface area (Å²) in [7, 11) is 1.90. The summed E-state index contributed by atoms with van der Waals surface area (Å²) in [5, 5.41) is 9.23. The van der Waals surface area contributed by atoms with Gasteiger partial charge in [-0.15, -0.1) is 0 Å². The van der Waals surface area contributed by atoms with Gasteiger partial charge in [0.15, 0.2) is 0 Å². The molecule has 5 nitrogen and oxygen atoms in total. The molecule has 0 amide bonds. The lowest BCUT2D eigenvalue weighted by atomic mass is 10.1. The van der Waals surface area contributed by atoms with Gasteiger partial charge in [-0.25, -0.2) is 14.5 Å². The van der Waals surface area contributed by atoms with E-state index in [1.165, 1.54) is 10.9 Å². The van der Waals surface area contributed by atoms with Crippen molar-refractivity contribution in [2.75, 3.05) is 7.05 Å². The van der Waals surface area contributed by atoms with Gasteiger partial charge in [-0.05, 0) is 31.7 Å². The Hall–Kier alpha value is -1.88. The maximum Gasteiger partial charge on any atom is 0.347 e. The SMILES string of the molecule is CNC(C)c1cccc(-n2cn[nH]c2=O)c1. The van der Waals surface area contributed by atoms with Crippen LogP contribution in [0.25, 0.3) is 5.69 Å². The fourth-order valence-electron chi connectivity index (χ4n) is 1.54. The first-order chi connectivity index (χ1) is 7.72. The molecule has 5 heteroatoms. The summed E-state index contributed by atoms with van der Waals surface area (Å²) in [6, 6.07) is 8.05. The third kappa shape index (κ3) is 1.90. The van der Waals surface area contributed by atoms with Gasteiger partial charge < -0.3 is 5.32 Å². The second kappa shape index (κ2) is 4.32. The molecule has 0 spiro atoms. The average molecular weight is 218 g/mol. The fourth-order valence-corrected chi connectivity index (χ4v) is 1.54. The predicted molar refractivity (Wildman–Crippen MR) is 61.7 cm³/mol. The fraction of sp³-hybridized carbons (Fsp3) is 0.273. The number of hydrogen-bond donors (Lipinski definition) is 2. The van der Waals surface area contributed by atoms with E-state index in [0.717, 1.165) is 11.3 Å². The third-order valence-electron chi connectivity index (χ3n) is 2.63. The van der Waals surface area contributed by atoms with E-state index in [-0.39, 0.29) is 11.7 Å². The van der Waals surface area contributed by atoms with Crippen LogP contribution >= 0.6 is 0 Å². The summed E-state index contributed by atoms with van der Waals surface area (Å²) in [6.07, 6.45) is 1.48. The normalized spacial score (nSPS) is 12.6. The van der Waals surface area contributed by atoms with Crippen molar-refractivity contribution < 1.29 is 0 Å². The first-order valence-electron chi connectivity index (χ1n) is 5.12. The van der Waals surface area contributed by atoms with Crippen LogP contribution in [0.5, 0.6) is 0 Å². The monoisotopic (exact) mass is 218 g/mol. The standard InChI is InChI=1S/C11H14N4O/c1-8(12-2)9-4-3-5-10(6-9)15-7-13-14-11(15)16/h3-8,12H,1-2H3,(H,14,16). The molecule has 1 unspecified atom stereocenters. The zero-order chi connectivity index (χ0) is 11.5. The first-order valence-corrected chi connectivity index (χ1v) is 5.12. The lowest BCUT2D eigenvalue weighted by molar-refractivity contribution is 0.651. The summed E-state index contributed by atoms with van der Waals surface area (Å²) >= 11 is 0. The maximum absolute atomic E-state index is 11.4. The summed E-state index contributed by atoms with van der Waals surface area (Å²) < 4.78 is 1.48. The Bertz CT molecular complexity index is 529. The number of hydrogen-bond acceptors (Lipinski definition) is 3. The molecule has 0 aliphatic rings. The van der Waals surface area contributed by atoms with E-state index >= 15 is 0 Å². The number of rotatable bonds is 3. The van der Waals surface area contributed by atoms with Crippen LogP contribution in [0.1, 0.15) is 18.5 Å². The minimum Gasteiger partial charge on any atom is -0.313 e. The molecule has 84 valence electrons. The zero-order valence-electron chi connectivity index (χ0n) is 9.27. The molecule has 1 atom stereocenters. The Balaban J connectivity index is 2.44. The summed E-state index contributed by atoms with van der Waals surface area (Å²) in [6.45, 7) is 2.07. The van der Waals surface area contributed by atoms with Crippen molar-refractivity contribution >= 4 is 0 Å². The Labute approximate surface area is 93.1 Å². The molecule has 0 fully saturated rings. The van der Waals surface area contributed by atoms with E-state index < -0.39 is 0 Å². The van der Waals surface area contributed by atoms with E-state index in [1.807, 2.05) is 31.3 Å². The molecule has 0 saturated carbocycles. The minimum atomic E-state index is -0.228. The highest BCUT2D eigenvalue weighted by molar-refractivity contribution is 5.36. The van der Waals surface area contributed by atoms with Crippen LogP contribution in [0.2, 0.25) is 0 Å². The Morgan fingerprint density at radius 3 is 2.94 bits per heavy atom. The molecular weight excluding hydrogens is 204 g/mol. The molecule has 1 aromatic heterocycles. The summed E-state index contributed by atoms with van der Waals surface area (Å²) in [5.74, 6) is 0. The second-order valence-electron chi connectivity index (χ2n) is 3.64. The molecule has 0 saturated heterocycles. The highest BCUT2D eigenvalue weighted by atomic mass is 16.1. The van der Waals surface area contributed by atoms with Crippen molar-refractivity contribution in [2.45, 2.75) is 13.0 Å². The quantitative estimate of drug-likeness (QED) is 0.802. The molecule has 0 radical (unpaired) electrons. The van der Waals surface area contributed by atoms with E-state index in [2.05, 4.69) is 22.4 Å². The molecule has 16 heavy (non-hydrogen) atoms. The molecule has 2 rings (SSSR count). The van der Waals surface area contributed by atoms with Crippen LogP contribution in [0.3, 0.4) is 0 Å². The average Bonchev–Trinajstić information content (AvgIpc) is 2.74. The molecule has 2 N–H and O–H groups in total. The van der Waals surface area contributed by atoms with Gasteiger partial charge in [-0.1, -0.05) is 12.1 Å². The minimum absolute atomic E-state index is 0.228. The topological polar surface area (TPSA) is 62.7 Å². The van der Waals surface area contributed by atoms with Gasteiger partial charge >= 0.3 is 5.69 Å². The van der Waals surface area contributed by atoms with Crippen molar-refractivity contribution in [3.63, 3.8) is 0 Å². The highest BCUT2D eigenvalue weighted by Gasteiger charge is 2.05. The summed E-state index contributed by atoms with van der Waals surface area (Å²) in [4.78, 5) is 11.4. The van der Waals surface area contributed by atoms with E-state index in [4.69, 9.17) is 0 Å². The van der Waals surface area contributed by atoms with Gasteiger partial charge in [-0.3, -0.25) is 0 Å². The Morgan fingerprint density at radius 2 is 2.31 bits per heavy atom. The van der Waals surface area contributed by atoms with Crippen molar-refractivity contribution in [3.8, 4) is 5.69 Å². The van der Waals surface area contributed by atoms with Gasteiger partial charge in [0, 0.05) is 6.04 Å². The van der Waals surface area contributed by atoms with E-state index in [1.54, 1.807) is 0 Å². The van der Waals surface area contributed by atoms with E-state index in [9.17, 15) is 4.79 Å². The number of nitrogens with one attached hydrogen (secondary N) is 2. The van der Waals surface area contributed by atoms with Crippen LogP contribution < -0.4 is 11.0 Å². The van der Waals surface area contributed by atoms with Crippen LogP contribution in [0.15, 0.2) is 35.4 Å². The highest BCUT2D eigenvalue weighted by Crippen LogP contribution is 2.15. The molecule has 2 aromatic rings. The van der Waals surface area contributed by atoms with Crippen LogP contribution in [0.4, 0.5) is 0 Å². The maximum atomic E-state index is 11.4. The van der Waals surface area contributed by atoms with E-state index in [0.29, 0.717) is 0 Å². The molecule has 0 aliphatic heterocycles. The van der Waals surface area contributed by atoms with Gasteiger partial charge in [-0.2, -0.15) is 5.10 Å². The number of H-pyrrole nitrogens is 1. The number of benzene rings is 1. The molecule has 1 heterocycles. The molecule has 0 bridgehead atoms. The van der Waals surface area contributed by atoms with Gasteiger partial charge in [0.25, 0.3) is 0 Å². The Kier molecular flexibility index (Phi) is 2.87.